The SMILES string of the molecule is CC(C)CNC(=O)[C@@H](C)N(Cc1ccc(Cl)cc1)C(=O)COc1ccc(Cl)cc1. The van der Waals surface area contributed by atoms with E-state index in [9.17, 15) is 9.59 Å². The van der Waals surface area contributed by atoms with Gasteiger partial charge in [-0.05, 0) is 54.8 Å². The normalized spacial score (nSPS) is 11.8. The third-order valence-electron chi connectivity index (χ3n) is 4.29. The van der Waals surface area contributed by atoms with E-state index in [1.54, 1.807) is 43.3 Å². The number of carbonyl (C=O) groups is 2. The highest BCUT2D eigenvalue weighted by atomic mass is 35.5. The first kappa shape index (κ1) is 23.0. The lowest BCUT2D eigenvalue weighted by Gasteiger charge is -2.29. The molecule has 0 saturated carbocycles. The quantitative estimate of drug-likeness (QED) is 0.626. The number of halogens is 2. The Morgan fingerprint density at radius 1 is 0.966 bits per heavy atom. The fourth-order valence-electron chi connectivity index (χ4n) is 2.58. The van der Waals surface area contributed by atoms with Crippen LogP contribution in [0.15, 0.2) is 48.5 Å². The summed E-state index contributed by atoms with van der Waals surface area (Å²) in [6.45, 7) is 6.38. The smallest absolute Gasteiger partial charge is 0.261 e. The highest BCUT2D eigenvalue weighted by molar-refractivity contribution is 6.30. The summed E-state index contributed by atoms with van der Waals surface area (Å²) in [5, 5.41) is 4.08. The van der Waals surface area contributed by atoms with Gasteiger partial charge in [0.05, 0.1) is 0 Å². The Morgan fingerprint density at radius 2 is 1.52 bits per heavy atom. The summed E-state index contributed by atoms with van der Waals surface area (Å²) in [6, 6.07) is 13.3. The van der Waals surface area contributed by atoms with Gasteiger partial charge in [0.1, 0.15) is 11.8 Å². The van der Waals surface area contributed by atoms with Gasteiger partial charge in [-0.25, -0.2) is 0 Å². The second-order valence-electron chi connectivity index (χ2n) is 7.21. The number of hydrogen-bond donors (Lipinski definition) is 1. The van der Waals surface area contributed by atoms with Crippen molar-refractivity contribution in [1.29, 1.82) is 0 Å². The van der Waals surface area contributed by atoms with Crippen LogP contribution in [-0.4, -0.2) is 35.9 Å². The lowest BCUT2D eigenvalue weighted by atomic mass is 10.1. The molecule has 2 aromatic rings. The van der Waals surface area contributed by atoms with E-state index in [0.29, 0.717) is 28.3 Å². The minimum absolute atomic E-state index is 0.184. The van der Waals surface area contributed by atoms with Crippen LogP contribution in [0.2, 0.25) is 10.0 Å². The van der Waals surface area contributed by atoms with Gasteiger partial charge in [-0.15, -0.1) is 0 Å². The number of benzene rings is 2. The van der Waals surface area contributed by atoms with Gasteiger partial charge in [0.2, 0.25) is 5.91 Å². The molecule has 5 nitrogen and oxygen atoms in total. The van der Waals surface area contributed by atoms with Crippen molar-refractivity contribution < 1.29 is 14.3 Å². The molecule has 0 aliphatic carbocycles. The van der Waals surface area contributed by atoms with Crippen LogP contribution in [0.4, 0.5) is 0 Å². The van der Waals surface area contributed by atoms with Gasteiger partial charge < -0.3 is 15.0 Å². The molecule has 0 bridgehead atoms. The molecule has 0 aromatic heterocycles. The molecule has 0 fully saturated rings. The Morgan fingerprint density at radius 3 is 2.07 bits per heavy atom. The van der Waals surface area contributed by atoms with Gasteiger partial charge in [-0.1, -0.05) is 49.2 Å². The molecule has 0 aliphatic heterocycles. The maximum absolute atomic E-state index is 12.9. The number of nitrogens with one attached hydrogen (secondary N) is 1. The number of hydrogen-bond acceptors (Lipinski definition) is 3. The molecule has 0 heterocycles. The molecule has 156 valence electrons. The molecule has 7 heteroatoms. The molecule has 2 amide bonds. The van der Waals surface area contributed by atoms with E-state index in [2.05, 4.69) is 5.32 Å². The predicted octanol–water partition coefficient (Wildman–Crippen LogP) is 4.56. The second kappa shape index (κ2) is 11.1. The average molecular weight is 437 g/mol. The predicted molar refractivity (Wildman–Crippen MR) is 116 cm³/mol. The standard InChI is InChI=1S/C22H26Cl2N2O3/c1-15(2)12-25-22(28)16(3)26(13-17-4-6-18(23)7-5-17)21(27)14-29-20-10-8-19(24)9-11-20/h4-11,15-16H,12-14H2,1-3H3,(H,25,28)/t16-/m1/s1. The number of rotatable bonds is 9. The molecule has 29 heavy (non-hydrogen) atoms. The fourth-order valence-corrected chi connectivity index (χ4v) is 2.83. The zero-order valence-electron chi connectivity index (χ0n) is 16.8. The minimum atomic E-state index is -0.647. The Hall–Kier alpha value is -2.24. The van der Waals surface area contributed by atoms with E-state index in [1.165, 1.54) is 4.90 Å². The van der Waals surface area contributed by atoms with Crippen molar-refractivity contribution in [2.75, 3.05) is 13.2 Å². The fraction of sp³-hybridized carbons (Fsp3) is 0.364. The van der Waals surface area contributed by atoms with E-state index in [4.69, 9.17) is 27.9 Å². The molecule has 0 unspecified atom stereocenters. The van der Waals surface area contributed by atoms with Crippen molar-refractivity contribution in [3.05, 3.63) is 64.1 Å². The van der Waals surface area contributed by atoms with Gasteiger partial charge in [-0.2, -0.15) is 0 Å². The average Bonchev–Trinajstić information content (AvgIpc) is 2.70. The summed E-state index contributed by atoms with van der Waals surface area (Å²) in [5.41, 5.74) is 0.873. The van der Waals surface area contributed by atoms with Crippen LogP contribution in [0.3, 0.4) is 0 Å². The number of nitrogens with zero attached hydrogens (tertiary/aromatic N) is 1. The summed E-state index contributed by atoms with van der Waals surface area (Å²) in [5.74, 6) is 0.362. The maximum atomic E-state index is 12.9. The maximum Gasteiger partial charge on any atom is 0.261 e. The van der Waals surface area contributed by atoms with Gasteiger partial charge in [0, 0.05) is 23.1 Å². The monoisotopic (exact) mass is 436 g/mol. The van der Waals surface area contributed by atoms with Crippen LogP contribution in [-0.2, 0) is 16.1 Å². The van der Waals surface area contributed by atoms with Crippen LogP contribution in [0.25, 0.3) is 0 Å². The molecular formula is C22H26Cl2N2O3. The van der Waals surface area contributed by atoms with Gasteiger partial charge in [0.15, 0.2) is 6.61 Å². The largest absolute Gasteiger partial charge is 0.484 e. The number of ether oxygens (including phenoxy) is 1. The lowest BCUT2D eigenvalue weighted by Crippen LogP contribution is -2.49. The highest BCUT2D eigenvalue weighted by Gasteiger charge is 2.26. The first-order chi connectivity index (χ1) is 13.8. The number of carbonyl (C=O) groups excluding carboxylic acids is 2. The van der Waals surface area contributed by atoms with Gasteiger partial charge >= 0.3 is 0 Å². The molecule has 0 radical (unpaired) electrons. The lowest BCUT2D eigenvalue weighted by molar-refractivity contribution is -0.142. The van der Waals surface area contributed by atoms with Crippen molar-refractivity contribution in [3.8, 4) is 5.75 Å². The summed E-state index contributed by atoms with van der Waals surface area (Å²) in [6.07, 6.45) is 0. The molecule has 0 aliphatic rings. The van der Waals surface area contributed by atoms with Gasteiger partial charge in [0.25, 0.3) is 5.91 Å². The van der Waals surface area contributed by atoms with E-state index < -0.39 is 6.04 Å². The van der Waals surface area contributed by atoms with E-state index >= 15 is 0 Å². The molecule has 0 spiro atoms. The van der Waals surface area contributed by atoms with Crippen molar-refractivity contribution in [1.82, 2.24) is 10.2 Å². The van der Waals surface area contributed by atoms with Crippen LogP contribution in [0.1, 0.15) is 26.3 Å². The second-order valence-corrected chi connectivity index (χ2v) is 8.08. The topological polar surface area (TPSA) is 58.6 Å². The van der Waals surface area contributed by atoms with E-state index in [1.807, 2.05) is 26.0 Å². The zero-order valence-corrected chi connectivity index (χ0v) is 18.3. The van der Waals surface area contributed by atoms with Crippen molar-refractivity contribution in [2.45, 2.75) is 33.4 Å². The Labute approximate surface area is 181 Å². The minimum Gasteiger partial charge on any atom is -0.484 e. The molecule has 1 atom stereocenters. The Kier molecular flexibility index (Phi) is 8.80. The third kappa shape index (κ3) is 7.59. The highest BCUT2D eigenvalue weighted by Crippen LogP contribution is 2.17. The third-order valence-corrected chi connectivity index (χ3v) is 4.80. The molecule has 0 saturated heterocycles. The van der Waals surface area contributed by atoms with Crippen LogP contribution in [0, 0.1) is 5.92 Å². The van der Waals surface area contributed by atoms with Crippen LogP contribution >= 0.6 is 23.2 Å². The first-order valence-corrected chi connectivity index (χ1v) is 10.2. The van der Waals surface area contributed by atoms with E-state index in [-0.39, 0.29) is 25.0 Å². The summed E-state index contributed by atoms with van der Waals surface area (Å²) < 4.78 is 5.59. The molecule has 2 aromatic carbocycles. The summed E-state index contributed by atoms with van der Waals surface area (Å²) in [4.78, 5) is 27.0. The Bertz CT molecular complexity index is 808. The molecule has 2 rings (SSSR count). The summed E-state index contributed by atoms with van der Waals surface area (Å²) in [7, 11) is 0. The van der Waals surface area contributed by atoms with Crippen molar-refractivity contribution in [2.24, 2.45) is 5.92 Å². The van der Waals surface area contributed by atoms with Crippen molar-refractivity contribution in [3.63, 3.8) is 0 Å². The van der Waals surface area contributed by atoms with Crippen molar-refractivity contribution >= 4 is 35.0 Å². The van der Waals surface area contributed by atoms with Crippen LogP contribution < -0.4 is 10.1 Å². The molecular weight excluding hydrogens is 411 g/mol. The molecule has 1 N–H and O–H groups in total. The Balaban J connectivity index is 2.10. The van der Waals surface area contributed by atoms with E-state index in [0.717, 1.165) is 5.56 Å². The summed E-state index contributed by atoms with van der Waals surface area (Å²) >= 11 is 11.8. The van der Waals surface area contributed by atoms with Crippen LogP contribution in [0.5, 0.6) is 5.75 Å². The van der Waals surface area contributed by atoms with Gasteiger partial charge in [-0.3, -0.25) is 9.59 Å². The zero-order chi connectivity index (χ0) is 21.4. The number of amides is 2. The first-order valence-electron chi connectivity index (χ1n) is 9.46.